The molecule has 0 heterocycles. The van der Waals surface area contributed by atoms with Gasteiger partial charge in [0.1, 0.15) is 0 Å². The lowest BCUT2D eigenvalue weighted by molar-refractivity contribution is 0.407. The van der Waals surface area contributed by atoms with E-state index in [4.69, 9.17) is 0 Å². The highest BCUT2D eigenvalue weighted by molar-refractivity contribution is 5.80. The lowest BCUT2D eigenvalue weighted by Gasteiger charge is -2.31. The smallest absolute Gasteiger partial charge is 0.0387 e. The summed E-state index contributed by atoms with van der Waals surface area (Å²) >= 11 is 0. The first-order valence-electron chi connectivity index (χ1n) is 11.6. The summed E-state index contributed by atoms with van der Waals surface area (Å²) in [4.78, 5) is 0. The summed E-state index contributed by atoms with van der Waals surface area (Å²) in [5.41, 5.74) is 11.6. The molecule has 1 saturated carbocycles. The molecule has 2 aromatic carbocycles. The number of hydrogen-bond acceptors (Lipinski definition) is 1. The molecule has 1 N–H and O–H groups in total. The van der Waals surface area contributed by atoms with Crippen LogP contribution in [0, 0.1) is 5.92 Å². The van der Waals surface area contributed by atoms with Gasteiger partial charge in [-0.3, -0.25) is 0 Å². The Morgan fingerprint density at radius 1 is 1.07 bits per heavy atom. The van der Waals surface area contributed by atoms with Gasteiger partial charge in [-0.2, -0.15) is 0 Å². The molecule has 1 heteroatoms. The summed E-state index contributed by atoms with van der Waals surface area (Å²) < 4.78 is 0. The van der Waals surface area contributed by atoms with E-state index in [-0.39, 0.29) is 0 Å². The number of allylic oxidation sites excluding steroid dienone is 6. The lowest BCUT2D eigenvalue weighted by atomic mass is 9.73. The number of aryl methyl sites for hydroxylation is 1. The van der Waals surface area contributed by atoms with Gasteiger partial charge in [0, 0.05) is 11.4 Å². The molecule has 0 bridgehead atoms. The van der Waals surface area contributed by atoms with Gasteiger partial charge in [-0.25, -0.2) is 0 Å². The zero-order valence-electron chi connectivity index (χ0n) is 18.6. The van der Waals surface area contributed by atoms with Crippen molar-refractivity contribution in [1.82, 2.24) is 0 Å². The molecular weight excluding hydrogens is 362 g/mol. The number of hydrogen-bond donors (Lipinski definition) is 1. The number of anilines is 2. The van der Waals surface area contributed by atoms with E-state index in [2.05, 4.69) is 86.8 Å². The number of benzene rings is 2. The quantitative estimate of drug-likeness (QED) is 0.504. The Morgan fingerprint density at radius 3 is 2.60 bits per heavy atom. The summed E-state index contributed by atoms with van der Waals surface area (Å²) in [6, 6.07) is 16.0. The van der Waals surface area contributed by atoms with Gasteiger partial charge >= 0.3 is 0 Å². The molecule has 30 heavy (non-hydrogen) atoms. The van der Waals surface area contributed by atoms with Crippen LogP contribution in [0.2, 0.25) is 0 Å². The molecule has 154 valence electrons. The highest BCUT2D eigenvalue weighted by Crippen LogP contribution is 2.52. The third-order valence-corrected chi connectivity index (χ3v) is 7.44. The molecule has 0 saturated heterocycles. The standard InChI is InChI=1S/C29H33N/c1-4-21-18-26(13-14-28(21)27-8-6-5-7-20(27)2)30-25-11-9-24(10-12-25)29(3)16-15-22-17-23(22)19-29/h6,8-15,18,23,30H,4-5,7,16-17,19H2,1-3H3. The number of rotatable bonds is 5. The van der Waals surface area contributed by atoms with Crippen molar-refractivity contribution >= 4 is 16.9 Å². The maximum Gasteiger partial charge on any atom is 0.0387 e. The van der Waals surface area contributed by atoms with E-state index in [9.17, 15) is 0 Å². The highest BCUT2D eigenvalue weighted by atomic mass is 14.9. The van der Waals surface area contributed by atoms with Crippen molar-refractivity contribution in [3.05, 3.63) is 88.5 Å². The second-order valence-corrected chi connectivity index (χ2v) is 9.71. The molecule has 2 unspecified atom stereocenters. The van der Waals surface area contributed by atoms with Crippen molar-refractivity contribution in [1.29, 1.82) is 0 Å². The lowest BCUT2D eigenvalue weighted by Crippen LogP contribution is -2.23. The fourth-order valence-corrected chi connectivity index (χ4v) is 5.35. The average molecular weight is 396 g/mol. The Morgan fingerprint density at radius 2 is 1.87 bits per heavy atom. The second kappa shape index (κ2) is 7.61. The minimum Gasteiger partial charge on any atom is -0.356 e. The Hall–Kier alpha value is -2.54. The summed E-state index contributed by atoms with van der Waals surface area (Å²) in [6.45, 7) is 6.97. The predicted octanol–water partition coefficient (Wildman–Crippen LogP) is 8.11. The van der Waals surface area contributed by atoms with Crippen LogP contribution in [-0.4, -0.2) is 0 Å². The van der Waals surface area contributed by atoms with Crippen LogP contribution in [0.1, 0.15) is 69.6 Å². The second-order valence-electron chi connectivity index (χ2n) is 9.71. The largest absolute Gasteiger partial charge is 0.356 e. The molecule has 2 aromatic rings. The molecule has 0 radical (unpaired) electrons. The normalized spacial score (nSPS) is 25.0. The van der Waals surface area contributed by atoms with E-state index in [0.717, 1.165) is 12.3 Å². The van der Waals surface area contributed by atoms with Crippen molar-refractivity contribution < 1.29 is 0 Å². The van der Waals surface area contributed by atoms with Crippen molar-refractivity contribution in [3.8, 4) is 0 Å². The van der Waals surface area contributed by atoms with Gasteiger partial charge in [0.15, 0.2) is 0 Å². The van der Waals surface area contributed by atoms with Gasteiger partial charge < -0.3 is 5.32 Å². The molecule has 5 rings (SSSR count). The van der Waals surface area contributed by atoms with Crippen molar-refractivity contribution in [3.63, 3.8) is 0 Å². The summed E-state index contributed by atoms with van der Waals surface area (Å²) in [5.74, 6) is 0.866. The van der Waals surface area contributed by atoms with E-state index in [0.29, 0.717) is 5.41 Å². The fraction of sp³-hybridized carbons (Fsp3) is 0.379. The van der Waals surface area contributed by atoms with E-state index >= 15 is 0 Å². The van der Waals surface area contributed by atoms with Crippen LogP contribution in [0.3, 0.4) is 0 Å². The molecule has 0 amide bonds. The first-order valence-corrected chi connectivity index (χ1v) is 11.6. The Bertz CT molecular complexity index is 1050. The van der Waals surface area contributed by atoms with Gasteiger partial charge in [0.25, 0.3) is 0 Å². The maximum atomic E-state index is 3.63. The summed E-state index contributed by atoms with van der Waals surface area (Å²) in [5, 5.41) is 3.63. The van der Waals surface area contributed by atoms with E-state index < -0.39 is 0 Å². The molecular formula is C29H33N. The van der Waals surface area contributed by atoms with Crippen LogP contribution in [0.15, 0.2) is 71.8 Å². The van der Waals surface area contributed by atoms with Crippen molar-refractivity contribution in [2.24, 2.45) is 5.92 Å². The van der Waals surface area contributed by atoms with Gasteiger partial charge in [0.2, 0.25) is 0 Å². The summed E-state index contributed by atoms with van der Waals surface area (Å²) in [7, 11) is 0. The SMILES string of the molecule is CCc1cc(Nc2ccc(C3(C)CC=C4CC4C3)cc2)ccc1C1=C(C)CCC=C1. The topological polar surface area (TPSA) is 12.0 Å². The predicted molar refractivity (Wildman–Crippen MR) is 129 cm³/mol. The fourth-order valence-electron chi connectivity index (χ4n) is 5.35. The Labute approximate surface area is 181 Å². The third-order valence-electron chi connectivity index (χ3n) is 7.44. The van der Waals surface area contributed by atoms with Gasteiger partial charge in [0.05, 0.1) is 0 Å². The van der Waals surface area contributed by atoms with E-state index in [1.807, 2.05) is 0 Å². The molecule has 1 nitrogen and oxygen atoms in total. The van der Waals surface area contributed by atoms with Crippen LogP contribution >= 0.6 is 0 Å². The minimum absolute atomic E-state index is 0.305. The molecule has 3 aliphatic carbocycles. The first kappa shape index (κ1) is 19.4. The van der Waals surface area contributed by atoms with Gasteiger partial charge in [-0.15, -0.1) is 0 Å². The van der Waals surface area contributed by atoms with E-state index in [1.165, 1.54) is 71.3 Å². The average Bonchev–Trinajstić information content (AvgIpc) is 3.53. The number of nitrogens with one attached hydrogen (secondary N) is 1. The van der Waals surface area contributed by atoms with Gasteiger partial charge in [-0.05, 0) is 103 Å². The third kappa shape index (κ3) is 3.67. The molecule has 3 aliphatic rings. The van der Waals surface area contributed by atoms with Crippen molar-refractivity contribution in [2.75, 3.05) is 5.32 Å². The monoisotopic (exact) mass is 395 g/mol. The maximum absolute atomic E-state index is 3.63. The van der Waals surface area contributed by atoms with Crippen LogP contribution < -0.4 is 5.32 Å². The number of fused-ring (bicyclic) bond motifs is 1. The summed E-state index contributed by atoms with van der Waals surface area (Å²) in [6.07, 6.45) is 14.4. The zero-order chi connectivity index (χ0) is 20.7. The minimum atomic E-state index is 0.305. The highest BCUT2D eigenvalue weighted by Gasteiger charge is 2.41. The van der Waals surface area contributed by atoms with Crippen LogP contribution in [0.5, 0.6) is 0 Å². The molecule has 0 spiro atoms. The van der Waals surface area contributed by atoms with E-state index in [1.54, 1.807) is 5.57 Å². The molecule has 1 fully saturated rings. The van der Waals surface area contributed by atoms with Gasteiger partial charge in [-0.1, -0.05) is 61.4 Å². The van der Waals surface area contributed by atoms with Crippen LogP contribution in [-0.2, 0) is 11.8 Å². The zero-order valence-corrected chi connectivity index (χ0v) is 18.6. The Kier molecular flexibility index (Phi) is 4.93. The Balaban J connectivity index is 1.34. The van der Waals surface area contributed by atoms with Crippen LogP contribution in [0.4, 0.5) is 11.4 Å². The van der Waals surface area contributed by atoms with Crippen LogP contribution in [0.25, 0.3) is 5.57 Å². The first-order chi connectivity index (χ1) is 14.6. The molecule has 2 atom stereocenters. The molecule has 0 aliphatic heterocycles. The molecule has 0 aromatic heterocycles. The van der Waals surface area contributed by atoms with Crippen molar-refractivity contribution in [2.45, 2.75) is 64.7 Å².